The smallest absolute Gasteiger partial charge is 0.405 e. The number of benzene rings is 1. The van der Waals surface area contributed by atoms with Gasteiger partial charge in [0, 0.05) is 24.2 Å². The largest absolute Gasteiger partial charge is 0.465 e. The first-order chi connectivity index (χ1) is 17.2. The van der Waals surface area contributed by atoms with Crippen molar-refractivity contribution in [2.45, 2.75) is 25.0 Å². The summed E-state index contributed by atoms with van der Waals surface area (Å²) in [5.74, 6) is -0.443. The number of carbonyl (C=O) groups excluding carboxylic acids is 1. The molecule has 3 heterocycles. The molecule has 1 aliphatic heterocycles. The summed E-state index contributed by atoms with van der Waals surface area (Å²) in [6, 6.07) is 4.73. The lowest BCUT2D eigenvalue weighted by Crippen LogP contribution is -2.61. The van der Waals surface area contributed by atoms with Crippen molar-refractivity contribution in [3.8, 4) is 6.07 Å². The van der Waals surface area contributed by atoms with Gasteiger partial charge < -0.3 is 37.2 Å². The number of amides is 2. The molecule has 2 aromatic heterocycles. The molecule has 3 aromatic rings. The number of carbonyl (C=O) groups is 2. The summed E-state index contributed by atoms with van der Waals surface area (Å²) in [5, 5.41) is 45.5. The number of imidazole rings is 1. The van der Waals surface area contributed by atoms with Crippen LogP contribution >= 0.6 is 11.6 Å². The molecule has 0 bridgehead atoms. The number of primary amides is 1. The third-order valence-electron chi connectivity index (χ3n) is 5.84. The van der Waals surface area contributed by atoms with Gasteiger partial charge in [0.25, 0.3) is 0 Å². The molecule has 0 unspecified atom stereocenters. The lowest BCUT2D eigenvalue weighted by atomic mass is 9.78. The third-order valence-corrected chi connectivity index (χ3v) is 6.24. The van der Waals surface area contributed by atoms with Crippen LogP contribution in [-0.2, 0) is 5.54 Å². The standard InChI is InChI=1S/C21H23ClN10O4/c1-2-26-17-18-27-8-11(7-23)32(18)31-19(29-17)28-13-6-10(16(24)34)5-12(15(13)22)21(30-20(35)36)3-4-25-9-14(21)33/h5-6,8,14,25,30,33H,2-4,9H2,1H3,(H2,24,34)(H,35,36)(H2,26,28,29,31)/t14-,21-/m1/s1. The highest BCUT2D eigenvalue weighted by molar-refractivity contribution is 6.34. The number of nitriles is 1. The van der Waals surface area contributed by atoms with E-state index in [0.29, 0.717) is 24.6 Å². The number of hydrogen-bond donors (Lipinski definition) is 7. The van der Waals surface area contributed by atoms with Gasteiger partial charge in [0.1, 0.15) is 6.07 Å². The summed E-state index contributed by atoms with van der Waals surface area (Å²) in [7, 11) is 0. The van der Waals surface area contributed by atoms with Crippen molar-refractivity contribution < 1.29 is 19.8 Å². The van der Waals surface area contributed by atoms with E-state index in [1.165, 1.54) is 22.8 Å². The molecule has 4 rings (SSSR count). The van der Waals surface area contributed by atoms with E-state index in [4.69, 9.17) is 17.3 Å². The fourth-order valence-corrected chi connectivity index (χ4v) is 4.51. The van der Waals surface area contributed by atoms with Crippen LogP contribution in [0.5, 0.6) is 0 Å². The Morgan fingerprint density at radius 3 is 2.86 bits per heavy atom. The van der Waals surface area contributed by atoms with Gasteiger partial charge >= 0.3 is 6.09 Å². The molecule has 0 spiro atoms. The zero-order valence-electron chi connectivity index (χ0n) is 19.0. The number of aliphatic hydroxyl groups excluding tert-OH is 1. The van der Waals surface area contributed by atoms with Gasteiger partial charge in [-0.3, -0.25) is 4.79 Å². The number of aliphatic hydroxyl groups is 1. The number of fused-ring (bicyclic) bond motifs is 1. The fourth-order valence-electron chi connectivity index (χ4n) is 4.18. The molecule has 0 aliphatic carbocycles. The summed E-state index contributed by atoms with van der Waals surface area (Å²) in [5.41, 5.74) is 4.84. The Bertz CT molecular complexity index is 1390. The predicted molar refractivity (Wildman–Crippen MR) is 129 cm³/mol. The van der Waals surface area contributed by atoms with Gasteiger partial charge in [0.2, 0.25) is 11.9 Å². The predicted octanol–water partition coefficient (Wildman–Crippen LogP) is 0.741. The van der Waals surface area contributed by atoms with E-state index in [2.05, 4.69) is 36.3 Å². The molecule has 2 atom stereocenters. The van der Waals surface area contributed by atoms with Crippen LogP contribution in [0.1, 0.15) is 35.0 Å². The Kier molecular flexibility index (Phi) is 6.80. The van der Waals surface area contributed by atoms with Gasteiger partial charge in [-0.2, -0.15) is 14.8 Å². The SMILES string of the molecule is CCNc1nc(Nc2cc(C(N)=O)cc([C@]3(NC(=O)O)CCNC[C@H]3O)c2Cl)nn2c(C#N)cnc12. The highest BCUT2D eigenvalue weighted by Gasteiger charge is 2.45. The first-order valence-electron chi connectivity index (χ1n) is 10.9. The van der Waals surface area contributed by atoms with E-state index < -0.39 is 23.6 Å². The highest BCUT2D eigenvalue weighted by Crippen LogP contribution is 2.40. The fraction of sp³-hybridized carbons (Fsp3) is 0.333. The van der Waals surface area contributed by atoms with Gasteiger partial charge in [-0.1, -0.05) is 11.6 Å². The van der Waals surface area contributed by atoms with Crippen LogP contribution in [-0.4, -0.2) is 67.5 Å². The van der Waals surface area contributed by atoms with Crippen molar-refractivity contribution in [2.24, 2.45) is 5.73 Å². The highest BCUT2D eigenvalue weighted by atomic mass is 35.5. The van der Waals surface area contributed by atoms with Crippen molar-refractivity contribution in [3.05, 3.63) is 40.2 Å². The quantitative estimate of drug-likeness (QED) is 0.233. The molecule has 15 heteroatoms. The average Bonchev–Trinajstić information content (AvgIpc) is 3.25. The normalized spacial score (nSPS) is 19.4. The molecule has 2 amide bonds. The Balaban J connectivity index is 1.88. The monoisotopic (exact) mass is 514 g/mol. The van der Waals surface area contributed by atoms with Crippen LogP contribution < -0.4 is 27.0 Å². The topological polar surface area (TPSA) is 216 Å². The lowest BCUT2D eigenvalue weighted by molar-refractivity contribution is 0.0326. The average molecular weight is 515 g/mol. The van der Waals surface area contributed by atoms with E-state index in [1.807, 2.05) is 13.0 Å². The molecule has 0 saturated carbocycles. The Labute approximate surface area is 209 Å². The van der Waals surface area contributed by atoms with Gasteiger partial charge in [-0.05, 0) is 32.0 Å². The minimum Gasteiger partial charge on any atom is -0.465 e. The zero-order valence-corrected chi connectivity index (χ0v) is 19.8. The minimum atomic E-state index is -1.52. The molecular weight excluding hydrogens is 492 g/mol. The van der Waals surface area contributed by atoms with E-state index in [-0.39, 0.29) is 46.4 Å². The second-order valence-corrected chi connectivity index (χ2v) is 8.43. The molecule has 1 aromatic carbocycles. The molecule has 1 fully saturated rings. The van der Waals surface area contributed by atoms with Crippen molar-refractivity contribution in [3.63, 3.8) is 0 Å². The van der Waals surface area contributed by atoms with Crippen LogP contribution in [0.25, 0.3) is 5.65 Å². The van der Waals surface area contributed by atoms with Gasteiger partial charge in [-0.15, -0.1) is 5.10 Å². The molecule has 188 valence electrons. The molecule has 36 heavy (non-hydrogen) atoms. The van der Waals surface area contributed by atoms with Crippen molar-refractivity contribution in [1.82, 2.24) is 30.2 Å². The van der Waals surface area contributed by atoms with Crippen LogP contribution in [0.15, 0.2) is 18.3 Å². The van der Waals surface area contributed by atoms with E-state index >= 15 is 0 Å². The number of nitrogens with two attached hydrogens (primary N) is 1. The maximum Gasteiger partial charge on any atom is 0.405 e. The van der Waals surface area contributed by atoms with Gasteiger partial charge in [0.15, 0.2) is 17.2 Å². The van der Waals surface area contributed by atoms with Crippen LogP contribution in [0.4, 0.5) is 22.2 Å². The van der Waals surface area contributed by atoms with Crippen LogP contribution in [0, 0.1) is 11.3 Å². The summed E-state index contributed by atoms with van der Waals surface area (Å²) in [4.78, 5) is 32.4. The first-order valence-corrected chi connectivity index (χ1v) is 11.3. The number of piperidine rings is 1. The summed E-state index contributed by atoms with van der Waals surface area (Å²) in [6.45, 7) is 2.83. The number of aromatic nitrogens is 4. The number of nitrogens with zero attached hydrogens (tertiary/aromatic N) is 5. The maximum atomic E-state index is 12.2. The van der Waals surface area contributed by atoms with E-state index in [1.54, 1.807) is 0 Å². The number of nitrogens with one attached hydrogen (secondary N) is 4. The lowest BCUT2D eigenvalue weighted by Gasteiger charge is -2.42. The van der Waals surface area contributed by atoms with E-state index in [9.17, 15) is 25.1 Å². The van der Waals surface area contributed by atoms with Gasteiger partial charge in [0.05, 0.1) is 28.5 Å². The minimum absolute atomic E-state index is 0.00789. The Morgan fingerprint density at radius 2 is 2.22 bits per heavy atom. The van der Waals surface area contributed by atoms with Gasteiger partial charge in [-0.25, -0.2) is 9.78 Å². The van der Waals surface area contributed by atoms with Crippen molar-refractivity contribution in [2.75, 3.05) is 30.3 Å². The summed E-state index contributed by atoms with van der Waals surface area (Å²) in [6.07, 6.45) is -1.07. The van der Waals surface area contributed by atoms with Crippen molar-refractivity contribution >= 4 is 46.7 Å². The Hall–Kier alpha value is -4.19. The Morgan fingerprint density at radius 1 is 1.44 bits per heavy atom. The second-order valence-electron chi connectivity index (χ2n) is 8.05. The summed E-state index contributed by atoms with van der Waals surface area (Å²) >= 11 is 6.74. The van der Waals surface area contributed by atoms with Crippen LogP contribution in [0.2, 0.25) is 5.02 Å². The molecule has 1 aliphatic rings. The number of β-amino-alcohol motifs (C(OH)–C–C–N with tert-alkyl or cyclic N) is 1. The number of carboxylic acid groups (broad SMARTS) is 1. The molecule has 14 nitrogen and oxygen atoms in total. The first kappa shape index (κ1) is 24.9. The number of anilines is 3. The molecule has 1 saturated heterocycles. The second kappa shape index (κ2) is 9.82. The van der Waals surface area contributed by atoms with E-state index in [0.717, 1.165) is 0 Å². The number of halogens is 1. The molecular formula is C21H23ClN10O4. The maximum absolute atomic E-state index is 12.2. The molecule has 8 N–H and O–H groups in total. The van der Waals surface area contributed by atoms with Crippen LogP contribution in [0.3, 0.4) is 0 Å². The summed E-state index contributed by atoms with van der Waals surface area (Å²) < 4.78 is 1.30. The number of rotatable bonds is 7. The number of hydrogen-bond acceptors (Lipinski definition) is 10. The van der Waals surface area contributed by atoms with Crippen molar-refractivity contribution in [1.29, 1.82) is 5.26 Å². The zero-order chi connectivity index (χ0) is 26.0. The molecule has 0 radical (unpaired) electrons. The third kappa shape index (κ3) is 4.42.